The summed E-state index contributed by atoms with van der Waals surface area (Å²) in [5.74, 6) is 0.680. The van der Waals surface area contributed by atoms with Crippen molar-refractivity contribution in [3.63, 3.8) is 0 Å². The molecule has 0 saturated carbocycles. The Bertz CT molecular complexity index is 231. The monoisotopic (exact) mass is 242 g/mol. The van der Waals surface area contributed by atoms with Crippen molar-refractivity contribution in [1.29, 1.82) is 0 Å². The molecule has 0 spiro atoms. The molecule has 1 heterocycles. The molecule has 0 aromatic rings. The lowest BCUT2D eigenvalue weighted by molar-refractivity contribution is -0.128. The first kappa shape index (κ1) is 14.5. The number of nitrogens with zero attached hydrogens (tertiary/aromatic N) is 1. The molecule has 1 amide bonds. The fourth-order valence-corrected chi connectivity index (χ4v) is 2.10. The van der Waals surface area contributed by atoms with Crippen LogP contribution in [0.4, 0.5) is 0 Å². The van der Waals surface area contributed by atoms with Crippen LogP contribution in [-0.2, 0) is 9.53 Å². The Labute approximate surface area is 105 Å². The first-order valence-electron chi connectivity index (χ1n) is 6.77. The molecule has 0 radical (unpaired) electrons. The summed E-state index contributed by atoms with van der Waals surface area (Å²) in [5.41, 5.74) is 0. The van der Waals surface area contributed by atoms with Gasteiger partial charge in [0.1, 0.15) is 0 Å². The van der Waals surface area contributed by atoms with Gasteiger partial charge in [-0.2, -0.15) is 0 Å². The van der Waals surface area contributed by atoms with Crippen molar-refractivity contribution >= 4 is 5.91 Å². The largest absolute Gasteiger partial charge is 0.381 e. The van der Waals surface area contributed by atoms with E-state index in [4.69, 9.17) is 4.74 Å². The number of ether oxygens (including phenoxy) is 1. The molecule has 0 aromatic heterocycles. The fourth-order valence-electron chi connectivity index (χ4n) is 2.10. The van der Waals surface area contributed by atoms with Gasteiger partial charge in [-0.05, 0) is 18.8 Å². The van der Waals surface area contributed by atoms with Gasteiger partial charge in [0.2, 0.25) is 5.91 Å². The zero-order chi connectivity index (χ0) is 12.7. The third-order valence-electron chi connectivity index (χ3n) is 3.08. The number of unbranched alkanes of at least 4 members (excludes halogenated alkanes) is 1. The first-order valence-corrected chi connectivity index (χ1v) is 6.77. The number of hydrogen-bond donors (Lipinski definition) is 1. The third-order valence-corrected chi connectivity index (χ3v) is 3.08. The summed E-state index contributed by atoms with van der Waals surface area (Å²) >= 11 is 0. The van der Waals surface area contributed by atoms with Crippen LogP contribution in [0.5, 0.6) is 0 Å². The van der Waals surface area contributed by atoms with Crippen LogP contribution in [0, 0.1) is 5.92 Å². The maximum atomic E-state index is 11.7. The topological polar surface area (TPSA) is 41.6 Å². The minimum atomic E-state index is 0.207. The van der Waals surface area contributed by atoms with Crippen LogP contribution in [0.2, 0.25) is 0 Å². The van der Waals surface area contributed by atoms with Crippen molar-refractivity contribution in [2.45, 2.75) is 46.2 Å². The van der Waals surface area contributed by atoms with E-state index in [1.807, 2.05) is 4.90 Å². The predicted octanol–water partition coefficient (Wildman–Crippen LogP) is 1.61. The smallest absolute Gasteiger partial charge is 0.237 e. The van der Waals surface area contributed by atoms with Crippen molar-refractivity contribution < 1.29 is 9.53 Å². The lowest BCUT2D eigenvalue weighted by Gasteiger charge is -2.27. The zero-order valence-corrected chi connectivity index (χ0v) is 11.4. The third kappa shape index (κ3) is 4.64. The second-order valence-electron chi connectivity index (χ2n) is 4.98. The molecule has 0 bridgehead atoms. The molecule has 0 aromatic carbocycles. The van der Waals surface area contributed by atoms with E-state index in [-0.39, 0.29) is 12.1 Å². The maximum Gasteiger partial charge on any atom is 0.237 e. The molecule has 4 heteroatoms. The molecule has 1 fully saturated rings. The molecule has 1 unspecified atom stereocenters. The van der Waals surface area contributed by atoms with Crippen LogP contribution >= 0.6 is 0 Å². The number of carbonyl (C=O) groups is 1. The minimum Gasteiger partial charge on any atom is -0.381 e. The molecule has 1 saturated heterocycles. The van der Waals surface area contributed by atoms with Gasteiger partial charge in [-0.15, -0.1) is 0 Å². The van der Waals surface area contributed by atoms with Gasteiger partial charge in [0, 0.05) is 19.8 Å². The molecule has 100 valence electrons. The summed E-state index contributed by atoms with van der Waals surface area (Å²) in [7, 11) is 0. The van der Waals surface area contributed by atoms with Gasteiger partial charge in [-0.3, -0.25) is 10.1 Å². The van der Waals surface area contributed by atoms with Crippen LogP contribution < -0.4 is 5.32 Å². The molecule has 4 nitrogen and oxygen atoms in total. The van der Waals surface area contributed by atoms with Crippen LogP contribution in [0.3, 0.4) is 0 Å². The van der Waals surface area contributed by atoms with E-state index in [0.717, 1.165) is 32.6 Å². The summed E-state index contributed by atoms with van der Waals surface area (Å²) in [6.07, 6.45) is 3.43. The number of rotatable bonds is 8. The number of carbonyl (C=O) groups excluding carboxylic acids is 1. The summed E-state index contributed by atoms with van der Waals surface area (Å²) in [5, 5.41) is 3.25. The lowest BCUT2D eigenvalue weighted by atomic mass is 10.1. The van der Waals surface area contributed by atoms with E-state index in [1.165, 1.54) is 6.42 Å². The number of nitrogens with one attached hydrogen (secondary N) is 1. The SMILES string of the molecule is CCCCOCCCN1C(=O)CNC1C(C)C. The van der Waals surface area contributed by atoms with Gasteiger partial charge in [0.15, 0.2) is 0 Å². The van der Waals surface area contributed by atoms with Crippen molar-refractivity contribution in [2.75, 3.05) is 26.3 Å². The van der Waals surface area contributed by atoms with Crippen molar-refractivity contribution in [3.8, 4) is 0 Å². The predicted molar refractivity (Wildman–Crippen MR) is 68.7 cm³/mol. The van der Waals surface area contributed by atoms with Crippen LogP contribution in [0.1, 0.15) is 40.0 Å². The van der Waals surface area contributed by atoms with Crippen molar-refractivity contribution in [1.82, 2.24) is 10.2 Å². The molecule has 1 aliphatic heterocycles. The zero-order valence-electron chi connectivity index (χ0n) is 11.4. The Hall–Kier alpha value is -0.610. The molecule has 1 rings (SSSR count). The average Bonchev–Trinajstić information content (AvgIpc) is 2.65. The molecular weight excluding hydrogens is 216 g/mol. The van der Waals surface area contributed by atoms with Gasteiger partial charge in [-0.1, -0.05) is 27.2 Å². The summed E-state index contributed by atoms with van der Waals surface area (Å²) < 4.78 is 5.51. The quantitative estimate of drug-likeness (QED) is 0.657. The van der Waals surface area contributed by atoms with E-state index < -0.39 is 0 Å². The molecule has 17 heavy (non-hydrogen) atoms. The Kier molecular flexibility index (Phi) is 6.52. The second kappa shape index (κ2) is 7.67. The van der Waals surface area contributed by atoms with Gasteiger partial charge >= 0.3 is 0 Å². The van der Waals surface area contributed by atoms with Crippen LogP contribution in [0.15, 0.2) is 0 Å². The molecule has 0 aliphatic carbocycles. The van der Waals surface area contributed by atoms with Crippen molar-refractivity contribution in [3.05, 3.63) is 0 Å². The van der Waals surface area contributed by atoms with Gasteiger partial charge < -0.3 is 9.64 Å². The molecule has 1 atom stereocenters. The highest BCUT2D eigenvalue weighted by molar-refractivity contribution is 5.80. The molecule has 1 aliphatic rings. The van der Waals surface area contributed by atoms with E-state index in [1.54, 1.807) is 0 Å². The Morgan fingerprint density at radius 3 is 2.76 bits per heavy atom. The van der Waals surface area contributed by atoms with E-state index in [9.17, 15) is 4.79 Å². The number of hydrogen-bond acceptors (Lipinski definition) is 3. The van der Waals surface area contributed by atoms with Crippen LogP contribution in [-0.4, -0.2) is 43.3 Å². The minimum absolute atomic E-state index is 0.207. The van der Waals surface area contributed by atoms with Gasteiger partial charge in [0.05, 0.1) is 12.7 Å². The average molecular weight is 242 g/mol. The highest BCUT2D eigenvalue weighted by Crippen LogP contribution is 2.13. The lowest BCUT2D eigenvalue weighted by Crippen LogP contribution is -2.42. The Morgan fingerprint density at radius 2 is 2.12 bits per heavy atom. The van der Waals surface area contributed by atoms with Crippen molar-refractivity contribution in [2.24, 2.45) is 5.92 Å². The summed E-state index contributed by atoms with van der Waals surface area (Å²) in [4.78, 5) is 13.6. The summed E-state index contributed by atoms with van der Waals surface area (Å²) in [6, 6.07) is 0. The normalized spacial score (nSPS) is 20.6. The van der Waals surface area contributed by atoms with E-state index in [0.29, 0.717) is 12.5 Å². The van der Waals surface area contributed by atoms with Crippen LogP contribution in [0.25, 0.3) is 0 Å². The highest BCUT2D eigenvalue weighted by atomic mass is 16.5. The fraction of sp³-hybridized carbons (Fsp3) is 0.923. The van der Waals surface area contributed by atoms with Gasteiger partial charge in [0.25, 0.3) is 0 Å². The standard InChI is InChI=1S/C13H26N2O2/c1-4-5-8-17-9-6-7-15-12(16)10-14-13(15)11(2)3/h11,13-14H,4-10H2,1-3H3. The maximum absolute atomic E-state index is 11.7. The first-order chi connectivity index (χ1) is 8.16. The van der Waals surface area contributed by atoms with E-state index in [2.05, 4.69) is 26.1 Å². The summed E-state index contributed by atoms with van der Waals surface area (Å²) in [6.45, 7) is 9.33. The molecular formula is C13H26N2O2. The number of amides is 1. The Morgan fingerprint density at radius 1 is 1.41 bits per heavy atom. The second-order valence-corrected chi connectivity index (χ2v) is 4.98. The Balaban J connectivity index is 2.18. The highest BCUT2D eigenvalue weighted by Gasteiger charge is 2.31. The van der Waals surface area contributed by atoms with E-state index >= 15 is 0 Å². The molecule has 1 N–H and O–H groups in total. The van der Waals surface area contributed by atoms with Gasteiger partial charge in [-0.25, -0.2) is 0 Å².